The Morgan fingerprint density at radius 3 is 2.30 bits per heavy atom. The van der Waals surface area contributed by atoms with E-state index in [4.69, 9.17) is 10.2 Å². The summed E-state index contributed by atoms with van der Waals surface area (Å²) >= 11 is 6.32. The molecule has 0 spiro atoms. The molecule has 0 bridgehead atoms. The highest BCUT2D eigenvalue weighted by atomic mass is 79.9. The lowest BCUT2D eigenvalue weighted by Crippen LogP contribution is -1.99. The highest BCUT2D eigenvalue weighted by molar-refractivity contribution is 9.14. The molecule has 2 N–H and O–H groups in total. The lowest BCUT2D eigenvalue weighted by atomic mass is 10.2. The predicted octanol–water partition coefficient (Wildman–Crippen LogP) is 3.23. The minimum Gasteiger partial charge on any atom is -0.480 e. The maximum absolute atomic E-state index is 8.58. The van der Waals surface area contributed by atoms with Crippen LogP contribution < -0.4 is 0 Å². The number of aliphatic hydroxyl groups is 2. The minimum absolute atomic E-state index is 0.0162. The number of halogens is 2. The third-order valence-corrected chi connectivity index (χ3v) is 3.47. The van der Waals surface area contributed by atoms with Crippen LogP contribution in [0.15, 0.2) is 10.4 Å². The standard InChI is InChI=1S/C6H10Br2O2/c1-2-3-4(7)5(8)6(9)10/h4,9-10H,2-3H2,1H3. The van der Waals surface area contributed by atoms with E-state index >= 15 is 0 Å². The molecule has 0 aliphatic rings. The molecule has 0 saturated carbocycles. The molecule has 1 unspecified atom stereocenters. The maximum atomic E-state index is 8.58. The van der Waals surface area contributed by atoms with E-state index in [1.807, 2.05) is 6.92 Å². The van der Waals surface area contributed by atoms with Crippen LogP contribution in [0.1, 0.15) is 19.8 Å². The van der Waals surface area contributed by atoms with E-state index in [0.717, 1.165) is 12.8 Å². The third-order valence-electron chi connectivity index (χ3n) is 1.03. The topological polar surface area (TPSA) is 40.5 Å². The number of allylic oxidation sites excluding steroid dienone is 1. The molecule has 0 aromatic carbocycles. The highest BCUT2D eigenvalue weighted by Gasteiger charge is 2.10. The van der Waals surface area contributed by atoms with E-state index in [1.165, 1.54) is 0 Å². The molecule has 1 atom stereocenters. The van der Waals surface area contributed by atoms with Gasteiger partial charge in [-0.1, -0.05) is 29.3 Å². The zero-order valence-electron chi connectivity index (χ0n) is 5.64. The zero-order valence-corrected chi connectivity index (χ0v) is 8.81. The minimum atomic E-state index is -0.643. The molecule has 0 aliphatic heterocycles. The van der Waals surface area contributed by atoms with Gasteiger partial charge in [0.25, 0.3) is 5.95 Å². The van der Waals surface area contributed by atoms with E-state index in [1.54, 1.807) is 0 Å². The predicted molar refractivity (Wildman–Crippen MR) is 48.8 cm³/mol. The largest absolute Gasteiger partial charge is 0.480 e. The van der Waals surface area contributed by atoms with E-state index in [0.29, 0.717) is 4.48 Å². The molecule has 60 valence electrons. The Morgan fingerprint density at radius 1 is 1.50 bits per heavy atom. The van der Waals surface area contributed by atoms with Crippen LogP contribution in [-0.2, 0) is 0 Å². The first-order valence-corrected chi connectivity index (χ1v) is 4.72. The van der Waals surface area contributed by atoms with Gasteiger partial charge >= 0.3 is 0 Å². The summed E-state index contributed by atoms with van der Waals surface area (Å²) in [6.45, 7) is 2.03. The lowest BCUT2D eigenvalue weighted by Gasteiger charge is -2.05. The van der Waals surface area contributed by atoms with Gasteiger partial charge in [0.2, 0.25) is 0 Å². The van der Waals surface area contributed by atoms with Crippen molar-refractivity contribution in [2.45, 2.75) is 24.6 Å². The fourth-order valence-electron chi connectivity index (χ4n) is 0.520. The van der Waals surface area contributed by atoms with Crippen molar-refractivity contribution in [2.24, 2.45) is 0 Å². The molecule has 0 rings (SSSR count). The SMILES string of the molecule is CCCC(Br)C(Br)=C(O)O. The molecule has 2 nitrogen and oxygen atoms in total. The Bertz CT molecular complexity index is 130. The van der Waals surface area contributed by atoms with Crippen LogP contribution in [-0.4, -0.2) is 15.0 Å². The Labute approximate surface area is 77.2 Å². The van der Waals surface area contributed by atoms with Crippen LogP contribution in [0, 0.1) is 0 Å². The van der Waals surface area contributed by atoms with E-state index in [-0.39, 0.29) is 4.83 Å². The van der Waals surface area contributed by atoms with Gasteiger partial charge in [0.05, 0.1) is 9.31 Å². The molecule has 0 amide bonds. The Hall–Kier alpha value is 0.300. The first kappa shape index (κ1) is 10.3. The van der Waals surface area contributed by atoms with Crippen molar-refractivity contribution in [2.75, 3.05) is 0 Å². The average molecular weight is 274 g/mol. The van der Waals surface area contributed by atoms with Crippen molar-refractivity contribution >= 4 is 31.9 Å². The maximum Gasteiger partial charge on any atom is 0.285 e. The first-order valence-electron chi connectivity index (χ1n) is 3.01. The third kappa shape index (κ3) is 3.46. The van der Waals surface area contributed by atoms with Crippen LogP contribution in [0.5, 0.6) is 0 Å². The summed E-state index contributed by atoms with van der Waals surface area (Å²) in [7, 11) is 0. The van der Waals surface area contributed by atoms with Crippen LogP contribution in [0.25, 0.3) is 0 Å². The van der Waals surface area contributed by atoms with Gasteiger partial charge in [-0.15, -0.1) is 0 Å². The summed E-state index contributed by atoms with van der Waals surface area (Å²) in [6, 6.07) is 0. The van der Waals surface area contributed by atoms with Gasteiger partial charge in [0.1, 0.15) is 0 Å². The number of hydrogen-bond acceptors (Lipinski definition) is 2. The molecule has 10 heavy (non-hydrogen) atoms. The summed E-state index contributed by atoms with van der Waals surface area (Å²) < 4.78 is 0.411. The fraction of sp³-hybridized carbons (Fsp3) is 0.667. The Balaban J connectivity index is 3.94. The molecule has 0 aromatic heterocycles. The average Bonchev–Trinajstić information content (AvgIpc) is 1.87. The van der Waals surface area contributed by atoms with E-state index in [9.17, 15) is 0 Å². The first-order chi connectivity index (χ1) is 4.59. The summed E-state index contributed by atoms with van der Waals surface area (Å²) in [4.78, 5) is 0.0162. The second kappa shape index (κ2) is 5.02. The van der Waals surface area contributed by atoms with Crippen molar-refractivity contribution in [3.05, 3.63) is 10.4 Å². The summed E-state index contributed by atoms with van der Waals surface area (Å²) in [5.41, 5.74) is 0. The monoisotopic (exact) mass is 272 g/mol. The number of hydrogen-bond donors (Lipinski definition) is 2. The van der Waals surface area contributed by atoms with Gasteiger partial charge < -0.3 is 10.2 Å². The van der Waals surface area contributed by atoms with Crippen molar-refractivity contribution in [3.63, 3.8) is 0 Å². The van der Waals surface area contributed by atoms with Gasteiger partial charge in [-0.25, -0.2) is 0 Å². The fourth-order valence-corrected chi connectivity index (χ4v) is 1.41. The molecular formula is C6H10Br2O2. The van der Waals surface area contributed by atoms with Gasteiger partial charge in [0, 0.05) is 0 Å². The van der Waals surface area contributed by atoms with Crippen LogP contribution >= 0.6 is 31.9 Å². The van der Waals surface area contributed by atoms with Gasteiger partial charge in [0.15, 0.2) is 0 Å². The summed E-state index contributed by atoms with van der Waals surface area (Å²) in [6.07, 6.45) is 1.88. The molecule has 0 saturated heterocycles. The molecule has 4 heteroatoms. The second-order valence-electron chi connectivity index (χ2n) is 1.93. The number of alkyl halides is 1. The smallest absolute Gasteiger partial charge is 0.285 e. The zero-order chi connectivity index (χ0) is 8.15. The second-order valence-corrected chi connectivity index (χ2v) is 3.89. The lowest BCUT2D eigenvalue weighted by molar-refractivity contribution is 0.188. The Kier molecular flexibility index (Phi) is 5.17. The summed E-state index contributed by atoms with van der Waals surface area (Å²) in [5, 5.41) is 17.2. The molecule has 0 heterocycles. The molecule has 0 fully saturated rings. The molecule has 0 aliphatic carbocycles. The van der Waals surface area contributed by atoms with Crippen LogP contribution in [0.3, 0.4) is 0 Å². The Morgan fingerprint density at radius 2 is 2.00 bits per heavy atom. The van der Waals surface area contributed by atoms with Crippen LogP contribution in [0.2, 0.25) is 0 Å². The molecule has 0 radical (unpaired) electrons. The number of rotatable bonds is 3. The normalized spacial score (nSPS) is 12.7. The van der Waals surface area contributed by atoms with Crippen LogP contribution in [0.4, 0.5) is 0 Å². The van der Waals surface area contributed by atoms with Gasteiger partial charge in [-0.3, -0.25) is 0 Å². The number of aliphatic hydroxyl groups excluding tert-OH is 1. The quantitative estimate of drug-likeness (QED) is 0.612. The van der Waals surface area contributed by atoms with Crippen molar-refractivity contribution in [1.29, 1.82) is 0 Å². The molecule has 0 aromatic rings. The highest BCUT2D eigenvalue weighted by Crippen LogP contribution is 2.24. The molecular weight excluding hydrogens is 264 g/mol. The van der Waals surface area contributed by atoms with Crippen molar-refractivity contribution < 1.29 is 10.2 Å². The summed E-state index contributed by atoms with van der Waals surface area (Å²) in [5.74, 6) is -0.643. The van der Waals surface area contributed by atoms with E-state index in [2.05, 4.69) is 31.9 Å². The van der Waals surface area contributed by atoms with Gasteiger partial charge in [-0.2, -0.15) is 0 Å². The van der Waals surface area contributed by atoms with E-state index < -0.39 is 5.95 Å². The van der Waals surface area contributed by atoms with Gasteiger partial charge in [-0.05, 0) is 22.4 Å². The van der Waals surface area contributed by atoms with Crippen molar-refractivity contribution in [3.8, 4) is 0 Å². The van der Waals surface area contributed by atoms with Crippen molar-refractivity contribution in [1.82, 2.24) is 0 Å².